The maximum Gasteiger partial charge on any atom is 0.401 e. The van der Waals surface area contributed by atoms with E-state index >= 15 is 0 Å². The van der Waals surface area contributed by atoms with Gasteiger partial charge >= 0.3 is 12.1 Å². The molecule has 17 heavy (non-hydrogen) atoms. The highest BCUT2D eigenvalue weighted by Crippen LogP contribution is 2.35. The van der Waals surface area contributed by atoms with E-state index < -0.39 is 24.7 Å². The molecule has 0 radical (unpaired) electrons. The van der Waals surface area contributed by atoms with E-state index in [-0.39, 0.29) is 0 Å². The van der Waals surface area contributed by atoms with Crippen molar-refractivity contribution in [3.8, 4) is 0 Å². The van der Waals surface area contributed by atoms with Gasteiger partial charge in [-0.05, 0) is 37.9 Å². The number of rotatable bonds is 4. The maximum absolute atomic E-state index is 12.0. The summed E-state index contributed by atoms with van der Waals surface area (Å²) in [6, 6.07) is 0.0981. The number of halogens is 5. The van der Waals surface area contributed by atoms with E-state index in [0.717, 1.165) is 11.3 Å². The van der Waals surface area contributed by atoms with Crippen molar-refractivity contribution in [3.63, 3.8) is 0 Å². The van der Waals surface area contributed by atoms with Crippen LogP contribution in [0.3, 0.4) is 0 Å². The topological polar surface area (TPSA) is 49.3 Å². The highest BCUT2D eigenvalue weighted by molar-refractivity contribution is 9.13. The number of alkyl halides is 3. The quantitative estimate of drug-likeness (QED) is 0.818. The average Bonchev–Trinajstić information content (AvgIpc) is 2.44. The Hall–Kier alpha value is -0.120. The number of hydrogen-bond acceptors (Lipinski definition) is 3. The molecule has 1 unspecified atom stereocenters. The van der Waals surface area contributed by atoms with Gasteiger partial charge in [-0.15, -0.1) is 11.3 Å². The fourth-order valence-electron chi connectivity index (χ4n) is 1.03. The van der Waals surface area contributed by atoms with Crippen LogP contribution in [0.2, 0.25) is 0 Å². The number of nitrogens with one attached hydrogen (secondary N) is 1. The summed E-state index contributed by atoms with van der Waals surface area (Å²) in [7, 11) is 0. The minimum Gasteiger partial charge on any atom is -0.480 e. The highest BCUT2D eigenvalue weighted by atomic mass is 79.9. The minimum atomic E-state index is -4.45. The molecule has 1 heterocycles. The van der Waals surface area contributed by atoms with Crippen molar-refractivity contribution in [3.05, 3.63) is 19.2 Å². The third-order valence-corrected chi connectivity index (χ3v) is 5.02. The summed E-state index contributed by atoms with van der Waals surface area (Å²) in [5.74, 6) is -1.35. The van der Waals surface area contributed by atoms with Crippen LogP contribution in [-0.2, 0) is 4.79 Å². The molecule has 0 saturated heterocycles. The lowest BCUT2D eigenvalue weighted by molar-refractivity contribution is -0.143. The van der Waals surface area contributed by atoms with Gasteiger partial charge in [0.25, 0.3) is 0 Å². The van der Waals surface area contributed by atoms with Crippen molar-refractivity contribution >= 4 is 49.2 Å². The fraction of sp³-hybridized carbons (Fsp3) is 0.375. The summed E-state index contributed by atoms with van der Waals surface area (Å²) in [5, 5.41) is 10.8. The van der Waals surface area contributed by atoms with Crippen molar-refractivity contribution in [2.45, 2.75) is 12.2 Å². The molecule has 1 rings (SSSR count). The van der Waals surface area contributed by atoms with Crippen molar-refractivity contribution in [2.75, 3.05) is 6.54 Å². The van der Waals surface area contributed by atoms with Crippen LogP contribution in [0.25, 0.3) is 0 Å². The molecule has 0 saturated carbocycles. The molecule has 1 aromatic rings. The molecule has 1 atom stereocenters. The predicted octanol–water partition coefficient (Wildman–Crippen LogP) is 3.55. The Morgan fingerprint density at radius 1 is 1.53 bits per heavy atom. The van der Waals surface area contributed by atoms with Crippen LogP contribution in [0, 0.1) is 0 Å². The maximum atomic E-state index is 12.0. The molecule has 9 heteroatoms. The molecule has 0 aromatic carbocycles. The molecule has 2 N–H and O–H groups in total. The van der Waals surface area contributed by atoms with Crippen LogP contribution in [-0.4, -0.2) is 23.8 Å². The van der Waals surface area contributed by atoms with Gasteiger partial charge < -0.3 is 5.11 Å². The second kappa shape index (κ2) is 5.68. The zero-order valence-corrected chi connectivity index (χ0v) is 12.0. The molecule has 96 valence electrons. The van der Waals surface area contributed by atoms with E-state index in [2.05, 4.69) is 31.9 Å². The Morgan fingerprint density at radius 3 is 2.47 bits per heavy atom. The number of hydrogen-bond donors (Lipinski definition) is 2. The second-order valence-electron chi connectivity index (χ2n) is 3.04. The lowest BCUT2D eigenvalue weighted by atomic mass is 10.2. The number of carboxylic acids is 1. The monoisotopic (exact) mass is 395 g/mol. The van der Waals surface area contributed by atoms with E-state index in [1.54, 1.807) is 0 Å². The molecule has 0 bridgehead atoms. The molecule has 3 nitrogen and oxygen atoms in total. The van der Waals surface area contributed by atoms with E-state index in [1.807, 2.05) is 5.32 Å². The van der Waals surface area contributed by atoms with E-state index in [9.17, 15) is 18.0 Å². The molecule has 1 aromatic heterocycles. The minimum absolute atomic E-state index is 0.292. The SMILES string of the molecule is O=C(O)C(NCC(F)(F)F)c1cc(Br)c(Br)s1. The zero-order valence-electron chi connectivity index (χ0n) is 8.02. The smallest absolute Gasteiger partial charge is 0.401 e. The fourth-order valence-corrected chi connectivity index (χ4v) is 3.19. The first-order valence-electron chi connectivity index (χ1n) is 4.18. The van der Waals surface area contributed by atoms with Crippen LogP contribution in [0.4, 0.5) is 13.2 Å². The summed E-state index contributed by atoms with van der Waals surface area (Å²) < 4.78 is 37.3. The standard InChI is InChI=1S/C8H6Br2F3NO2S/c9-3-1-4(17-6(3)10)5(7(15)16)14-2-8(11,12)13/h1,5,14H,2H2,(H,15,16). The van der Waals surface area contributed by atoms with Gasteiger partial charge in [0.2, 0.25) is 0 Å². The summed E-state index contributed by atoms with van der Waals surface area (Å²) in [6.45, 7) is -1.35. The Balaban J connectivity index is 2.83. The van der Waals surface area contributed by atoms with Crippen LogP contribution < -0.4 is 5.32 Å². The summed E-state index contributed by atoms with van der Waals surface area (Å²) in [4.78, 5) is 11.2. The number of thiophene rings is 1. The summed E-state index contributed by atoms with van der Waals surface area (Å²) >= 11 is 7.36. The van der Waals surface area contributed by atoms with Crippen molar-refractivity contribution in [2.24, 2.45) is 0 Å². The zero-order chi connectivity index (χ0) is 13.2. The van der Waals surface area contributed by atoms with E-state index in [4.69, 9.17) is 5.11 Å². The first-order valence-corrected chi connectivity index (χ1v) is 6.58. The summed E-state index contributed by atoms with van der Waals surface area (Å²) in [5.41, 5.74) is 0. The Bertz CT molecular complexity index is 402. The van der Waals surface area contributed by atoms with E-state index in [1.165, 1.54) is 6.07 Å². The molecule has 0 amide bonds. The Labute approximate surface area is 115 Å². The molecule has 0 aliphatic carbocycles. The third kappa shape index (κ3) is 4.57. The molecule has 0 spiro atoms. The van der Waals surface area contributed by atoms with Gasteiger partial charge in [-0.2, -0.15) is 13.2 Å². The molecule has 0 aliphatic rings. The van der Waals surface area contributed by atoms with Gasteiger partial charge in [0.1, 0.15) is 6.04 Å². The van der Waals surface area contributed by atoms with E-state index in [0.29, 0.717) is 13.1 Å². The van der Waals surface area contributed by atoms with Gasteiger partial charge in [0.15, 0.2) is 0 Å². The van der Waals surface area contributed by atoms with Gasteiger partial charge in [-0.1, -0.05) is 0 Å². The summed E-state index contributed by atoms with van der Waals surface area (Å²) in [6.07, 6.45) is -4.45. The third-order valence-electron chi connectivity index (χ3n) is 1.70. The van der Waals surface area contributed by atoms with Crippen LogP contribution in [0.1, 0.15) is 10.9 Å². The Morgan fingerprint density at radius 2 is 2.12 bits per heavy atom. The van der Waals surface area contributed by atoms with Crippen LogP contribution >= 0.6 is 43.2 Å². The average molecular weight is 397 g/mol. The number of carboxylic acid groups (broad SMARTS) is 1. The lowest BCUT2D eigenvalue weighted by Gasteiger charge is -2.14. The van der Waals surface area contributed by atoms with Crippen LogP contribution in [0.5, 0.6) is 0 Å². The molecule has 0 fully saturated rings. The Kier molecular flexibility index (Phi) is 4.99. The van der Waals surface area contributed by atoms with Crippen LogP contribution in [0.15, 0.2) is 14.3 Å². The number of aliphatic carboxylic acids is 1. The number of carbonyl (C=O) groups is 1. The largest absolute Gasteiger partial charge is 0.480 e. The van der Waals surface area contributed by atoms with Gasteiger partial charge in [0.05, 0.1) is 10.3 Å². The first kappa shape index (κ1) is 14.9. The molecular weight excluding hydrogens is 391 g/mol. The van der Waals surface area contributed by atoms with Crippen molar-refractivity contribution < 1.29 is 23.1 Å². The molecular formula is C8H6Br2F3NO2S. The normalized spacial score (nSPS) is 13.7. The predicted molar refractivity (Wildman–Crippen MR) is 64.2 cm³/mol. The lowest BCUT2D eigenvalue weighted by Crippen LogP contribution is -2.35. The first-order chi connectivity index (χ1) is 7.70. The van der Waals surface area contributed by atoms with Crippen molar-refractivity contribution in [1.82, 2.24) is 5.32 Å². The van der Waals surface area contributed by atoms with Gasteiger partial charge in [-0.3, -0.25) is 10.1 Å². The highest BCUT2D eigenvalue weighted by Gasteiger charge is 2.31. The van der Waals surface area contributed by atoms with Gasteiger partial charge in [-0.25, -0.2) is 0 Å². The van der Waals surface area contributed by atoms with Crippen molar-refractivity contribution in [1.29, 1.82) is 0 Å². The molecule has 0 aliphatic heterocycles. The second-order valence-corrected chi connectivity index (χ2v) is 6.29. The van der Waals surface area contributed by atoms with Gasteiger partial charge in [0, 0.05) is 9.35 Å².